The first-order chi connectivity index (χ1) is 12.9. The molecule has 27 heavy (non-hydrogen) atoms. The highest BCUT2D eigenvalue weighted by molar-refractivity contribution is 6.09. The van der Waals surface area contributed by atoms with E-state index in [9.17, 15) is 19.2 Å². The first-order valence-corrected chi connectivity index (χ1v) is 9.95. The number of rotatable bonds is 4. The molecule has 0 radical (unpaired) electrons. The molecule has 1 saturated carbocycles. The predicted molar refractivity (Wildman–Crippen MR) is 96.5 cm³/mol. The Kier molecular flexibility index (Phi) is 5.72. The molecule has 0 aromatic heterocycles. The van der Waals surface area contributed by atoms with Gasteiger partial charge in [-0.3, -0.25) is 19.3 Å². The van der Waals surface area contributed by atoms with E-state index in [0.717, 1.165) is 17.7 Å². The van der Waals surface area contributed by atoms with Crippen LogP contribution in [0.5, 0.6) is 0 Å². The van der Waals surface area contributed by atoms with Crippen molar-refractivity contribution in [1.29, 1.82) is 0 Å². The summed E-state index contributed by atoms with van der Waals surface area (Å²) >= 11 is 0. The van der Waals surface area contributed by atoms with Crippen LogP contribution >= 0.6 is 0 Å². The molecule has 1 atom stereocenters. The van der Waals surface area contributed by atoms with Gasteiger partial charge in [-0.1, -0.05) is 6.92 Å². The Morgan fingerprint density at radius 2 is 1.93 bits per heavy atom. The second-order valence-corrected chi connectivity index (χ2v) is 8.02. The van der Waals surface area contributed by atoms with Gasteiger partial charge in [0.2, 0.25) is 5.91 Å². The van der Waals surface area contributed by atoms with Gasteiger partial charge in [-0.2, -0.15) is 0 Å². The molecule has 4 amide bonds. The van der Waals surface area contributed by atoms with Crippen molar-refractivity contribution in [2.45, 2.75) is 57.9 Å². The maximum Gasteiger partial charge on any atom is 0.325 e. The first-order valence-electron chi connectivity index (χ1n) is 9.95. The SMILES string of the molecule is CCOC(=O)C1CCCN(C(=O)CN2C(=O)NC3(CCC(C)CC3)C2=O)C1. The lowest BCUT2D eigenvalue weighted by atomic mass is 9.77. The predicted octanol–water partition coefficient (Wildman–Crippen LogP) is 1.29. The third kappa shape index (κ3) is 3.94. The maximum absolute atomic E-state index is 12.9. The van der Waals surface area contributed by atoms with Crippen molar-refractivity contribution in [2.24, 2.45) is 11.8 Å². The van der Waals surface area contributed by atoms with Crippen molar-refractivity contribution in [2.75, 3.05) is 26.2 Å². The Bertz CT molecular complexity index is 627. The number of piperidine rings is 1. The Morgan fingerprint density at radius 1 is 1.22 bits per heavy atom. The van der Waals surface area contributed by atoms with Crippen LogP contribution in [0.25, 0.3) is 0 Å². The molecular weight excluding hydrogens is 350 g/mol. The number of amides is 4. The van der Waals surface area contributed by atoms with Crippen LogP contribution in [0.1, 0.15) is 52.4 Å². The molecule has 8 nitrogen and oxygen atoms in total. The topological polar surface area (TPSA) is 96.0 Å². The number of carbonyl (C=O) groups excluding carboxylic acids is 4. The van der Waals surface area contributed by atoms with Gasteiger partial charge in [0.15, 0.2) is 0 Å². The van der Waals surface area contributed by atoms with Gasteiger partial charge in [0.1, 0.15) is 12.1 Å². The summed E-state index contributed by atoms with van der Waals surface area (Å²) in [5, 5.41) is 2.83. The summed E-state index contributed by atoms with van der Waals surface area (Å²) in [5.41, 5.74) is -0.834. The van der Waals surface area contributed by atoms with Crippen LogP contribution in [0.3, 0.4) is 0 Å². The van der Waals surface area contributed by atoms with Gasteiger partial charge in [0.05, 0.1) is 12.5 Å². The molecule has 2 aliphatic heterocycles. The molecule has 2 saturated heterocycles. The summed E-state index contributed by atoms with van der Waals surface area (Å²) in [7, 11) is 0. The van der Waals surface area contributed by atoms with E-state index < -0.39 is 11.6 Å². The Labute approximate surface area is 159 Å². The molecule has 2 heterocycles. The average Bonchev–Trinajstić information content (AvgIpc) is 2.89. The van der Waals surface area contributed by atoms with Gasteiger partial charge in [-0.25, -0.2) is 4.79 Å². The third-order valence-corrected chi connectivity index (χ3v) is 6.06. The minimum atomic E-state index is -0.834. The van der Waals surface area contributed by atoms with Crippen molar-refractivity contribution < 1.29 is 23.9 Å². The van der Waals surface area contributed by atoms with Crippen molar-refractivity contribution in [3.8, 4) is 0 Å². The highest BCUT2D eigenvalue weighted by atomic mass is 16.5. The minimum absolute atomic E-state index is 0.266. The lowest BCUT2D eigenvalue weighted by Gasteiger charge is -2.34. The average molecular weight is 379 g/mol. The van der Waals surface area contributed by atoms with Gasteiger partial charge in [0.25, 0.3) is 5.91 Å². The molecule has 1 aliphatic carbocycles. The van der Waals surface area contributed by atoms with E-state index in [4.69, 9.17) is 4.74 Å². The number of nitrogens with one attached hydrogen (secondary N) is 1. The second-order valence-electron chi connectivity index (χ2n) is 8.02. The minimum Gasteiger partial charge on any atom is -0.466 e. The number of urea groups is 1. The van der Waals surface area contributed by atoms with Crippen molar-refractivity contribution in [1.82, 2.24) is 15.1 Å². The quantitative estimate of drug-likeness (QED) is 0.586. The number of imide groups is 1. The number of esters is 1. The molecule has 3 fully saturated rings. The normalized spacial score (nSPS) is 31.2. The summed E-state index contributed by atoms with van der Waals surface area (Å²) < 4.78 is 5.06. The number of nitrogens with zero attached hydrogens (tertiary/aromatic N) is 2. The molecule has 1 N–H and O–H groups in total. The maximum atomic E-state index is 12.9. The van der Waals surface area contributed by atoms with Gasteiger partial charge in [0, 0.05) is 13.1 Å². The zero-order valence-electron chi connectivity index (χ0n) is 16.2. The second kappa shape index (κ2) is 7.86. The monoisotopic (exact) mass is 379 g/mol. The Balaban J connectivity index is 1.61. The van der Waals surface area contributed by atoms with Crippen LogP contribution in [-0.2, 0) is 19.1 Å². The molecule has 0 bridgehead atoms. The molecule has 0 aromatic rings. The fourth-order valence-electron chi connectivity index (χ4n) is 4.31. The zero-order chi connectivity index (χ0) is 19.6. The summed E-state index contributed by atoms with van der Waals surface area (Å²) in [4.78, 5) is 52.5. The Morgan fingerprint density at radius 3 is 2.59 bits per heavy atom. The lowest BCUT2D eigenvalue weighted by molar-refractivity contribution is -0.152. The largest absolute Gasteiger partial charge is 0.466 e. The van der Waals surface area contributed by atoms with Gasteiger partial charge < -0.3 is 15.0 Å². The van der Waals surface area contributed by atoms with Crippen molar-refractivity contribution >= 4 is 23.8 Å². The highest BCUT2D eigenvalue weighted by Crippen LogP contribution is 2.36. The van der Waals surface area contributed by atoms with Crippen molar-refractivity contribution in [3.63, 3.8) is 0 Å². The third-order valence-electron chi connectivity index (χ3n) is 6.06. The summed E-state index contributed by atoms with van der Waals surface area (Å²) in [6, 6.07) is -0.484. The summed E-state index contributed by atoms with van der Waals surface area (Å²) in [6.07, 6.45) is 4.42. The summed E-state index contributed by atoms with van der Waals surface area (Å²) in [6.45, 7) is 4.75. The van der Waals surface area contributed by atoms with Gasteiger partial charge in [-0.05, 0) is 51.4 Å². The highest BCUT2D eigenvalue weighted by Gasteiger charge is 2.52. The van der Waals surface area contributed by atoms with Crippen molar-refractivity contribution in [3.05, 3.63) is 0 Å². The zero-order valence-corrected chi connectivity index (χ0v) is 16.2. The fraction of sp³-hybridized carbons (Fsp3) is 0.789. The Hall–Kier alpha value is -2.12. The van der Waals surface area contributed by atoms with Crippen LogP contribution in [0, 0.1) is 11.8 Å². The fourth-order valence-corrected chi connectivity index (χ4v) is 4.31. The standard InChI is InChI=1S/C19H29N3O5/c1-3-27-16(24)14-5-4-10-21(11-14)15(23)12-22-17(25)19(20-18(22)26)8-6-13(2)7-9-19/h13-14H,3-12H2,1-2H3,(H,20,26). The number of hydrogen-bond acceptors (Lipinski definition) is 5. The van der Waals surface area contributed by atoms with E-state index in [1.165, 1.54) is 0 Å². The van der Waals surface area contributed by atoms with E-state index in [-0.39, 0.29) is 36.8 Å². The molecular formula is C19H29N3O5. The molecule has 1 spiro atoms. The smallest absolute Gasteiger partial charge is 0.325 e. The lowest BCUT2D eigenvalue weighted by Crippen LogP contribution is -2.50. The number of carbonyl (C=O) groups is 4. The molecule has 3 aliphatic rings. The first kappa shape index (κ1) is 19.6. The van der Waals surface area contributed by atoms with E-state index in [2.05, 4.69) is 12.2 Å². The van der Waals surface area contributed by atoms with Crippen LogP contribution in [0.2, 0.25) is 0 Å². The van der Waals surface area contributed by atoms with Crippen LogP contribution in [-0.4, -0.2) is 65.4 Å². The van der Waals surface area contributed by atoms with Crippen LogP contribution < -0.4 is 5.32 Å². The van der Waals surface area contributed by atoms with E-state index >= 15 is 0 Å². The molecule has 1 unspecified atom stereocenters. The number of hydrogen-bond donors (Lipinski definition) is 1. The molecule has 0 aromatic carbocycles. The van der Waals surface area contributed by atoms with Crippen LogP contribution in [0.4, 0.5) is 4.79 Å². The van der Waals surface area contributed by atoms with Gasteiger partial charge >= 0.3 is 12.0 Å². The molecule has 8 heteroatoms. The molecule has 150 valence electrons. The summed E-state index contributed by atoms with van der Waals surface area (Å²) in [5.74, 6) is -0.665. The number of ether oxygens (including phenoxy) is 1. The van der Waals surface area contributed by atoms with E-state index in [0.29, 0.717) is 44.8 Å². The van der Waals surface area contributed by atoms with E-state index in [1.54, 1.807) is 11.8 Å². The van der Waals surface area contributed by atoms with Gasteiger partial charge in [-0.15, -0.1) is 0 Å². The van der Waals surface area contributed by atoms with Crippen LogP contribution in [0.15, 0.2) is 0 Å². The van der Waals surface area contributed by atoms with E-state index in [1.807, 2.05) is 0 Å². The number of likely N-dealkylation sites (tertiary alicyclic amines) is 1. The molecule has 3 rings (SSSR count).